The predicted molar refractivity (Wildman–Crippen MR) is 311 cm³/mol. The fourth-order valence-corrected chi connectivity index (χ4v) is 9.26. The van der Waals surface area contributed by atoms with E-state index in [2.05, 4.69) is 74.8 Å². The number of aliphatic hydroxyl groups is 1. The molecular formula is C64H63N4O7P. The lowest BCUT2D eigenvalue weighted by Gasteiger charge is -2.26. The van der Waals surface area contributed by atoms with Crippen LogP contribution in [-0.2, 0) is 30.9 Å². The first-order valence-electron chi connectivity index (χ1n) is 25.1. The van der Waals surface area contributed by atoms with Gasteiger partial charge < -0.3 is 39.3 Å². The number of rotatable bonds is 19. The molecule has 11 rings (SSSR count). The van der Waals surface area contributed by atoms with Crippen LogP contribution in [0.3, 0.4) is 0 Å². The highest BCUT2D eigenvalue weighted by atomic mass is 31.0. The molecule has 12 heteroatoms. The molecular weight excluding hydrogens is 968 g/mol. The number of nitrogens with one attached hydrogen (secondary N) is 3. The summed E-state index contributed by atoms with van der Waals surface area (Å²) in [6.07, 6.45) is 0.143. The van der Waals surface area contributed by atoms with Crippen molar-refractivity contribution in [2.24, 2.45) is 0 Å². The minimum atomic E-state index is -0.799. The molecule has 10 aromatic rings. The maximum Gasteiger partial charge on any atom is 0.248 e. The van der Waals surface area contributed by atoms with Gasteiger partial charge in [0.05, 0.1) is 30.9 Å². The van der Waals surface area contributed by atoms with Crippen molar-refractivity contribution in [3.05, 3.63) is 266 Å². The number of aliphatic hydroxyl groups excluding tert-OH is 1. The maximum absolute atomic E-state index is 12.4. The highest BCUT2D eigenvalue weighted by molar-refractivity contribution is 6.92. The Balaban J connectivity index is 0.000000272. The van der Waals surface area contributed by atoms with E-state index in [0.29, 0.717) is 43.3 Å². The molecule has 4 N–H and O–H groups in total. The zero-order chi connectivity index (χ0) is 51.3. The molecule has 0 bridgehead atoms. The Labute approximate surface area is 446 Å². The fraction of sp³-hybridized carbons (Fsp3) is 0.156. The van der Waals surface area contributed by atoms with Crippen LogP contribution >= 0.6 is 9.90 Å². The van der Waals surface area contributed by atoms with Gasteiger partial charge in [-0.05, 0) is 100.0 Å². The largest absolute Gasteiger partial charge is 0.496 e. The summed E-state index contributed by atoms with van der Waals surface area (Å²) in [4.78, 5) is 32.2. The van der Waals surface area contributed by atoms with Crippen molar-refractivity contribution in [3.63, 3.8) is 0 Å². The Morgan fingerprint density at radius 1 is 0.605 bits per heavy atom. The van der Waals surface area contributed by atoms with Gasteiger partial charge in [0.25, 0.3) is 0 Å². The smallest absolute Gasteiger partial charge is 0.248 e. The molecule has 0 aliphatic carbocycles. The average molecular weight is 1030 g/mol. The molecule has 2 aromatic heterocycles. The Hall–Kier alpha value is -8.31. The van der Waals surface area contributed by atoms with Crippen molar-refractivity contribution in [1.29, 1.82) is 0 Å². The number of ether oxygens (including phenoxy) is 4. The van der Waals surface area contributed by atoms with Gasteiger partial charge in [0.15, 0.2) is 0 Å². The third-order valence-corrected chi connectivity index (χ3v) is 13.2. The minimum Gasteiger partial charge on any atom is -0.496 e. The van der Waals surface area contributed by atoms with Crippen LogP contribution in [0.4, 0.5) is 11.4 Å². The zero-order valence-corrected chi connectivity index (χ0v) is 43.8. The van der Waals surface area contributed by atoms with Crippen molar-refractivity contribution in [3.8, 4) is 28.4 Å². The molecule has 1 aliphatic heterocycles. The van der Waals surface area contributed by atoms with Gasteiger partial charge in [-0.2, -0.15) is 9.90 Å². The van der Waals surface area contributed by atoms with E-state index in [1.807, 2.05) is 140 Å². The number of H-pyrrole nitrogens is 2. The normalized spacial score (nSPS) is 13.0. The second-order valence-corrected chi connectivity index (χ2v) is 18.5. The van der Waals surface area contributed by atoms with E-state index in [1.165, 1.54) is 23.3 Å². The second-order valence-electron chi connectivity index (χ2n) is 18.5. The average Bonchev–Trinajstić information content (AvgIpc) is 4.32. The van der Waals surface area contributed by atoms with E-state index in [0.717, 1.165) is 86.4 Å². The number of fused-ring (bicyclic) bond motifs is 2. The number of aromatic nitrogens is 2. The standard InChI is InChI=1S/C46H43N3O4.C18H15NO3.H3P.H2/c1-52-43-24-21-38(29-41(43)36-15-9-4-10-16-36)47-37-19-17-33(18-20-37)27-28-49(30-34-11-5-2-6-12-34)31-42(50)39-22-25-44(46-40(39)23-26-45(51)48-46)53-32-35-13-7-3-8-14-35;20-17-9-7-14-13(16-11-22-16)6-8-15(18(14)19-17)21-10-12-4-2-1-3-5-12;;/h2-26,29,42,47,50H,27-28,30-32H2,1H3,(H,48,51);1-9,16H,10-11H2,(H,19,20);1H3;1H/t42-;16-;;/m00../s1/i;;;1+2. The summed E-state index contributed by atoms with van der Waals surface area (Å²) in [6, 6.07) is 69.3. The Kier molecular flexibility index (Phi) is 17.5. The number of benzene rings is 8. The zero-order valence-electron chi connectivity index (χ0n) is 42.4. The molecule has 1 unspecified atom stereocenters. The highest BCUT2D eigenvalue weighted by Gasteiger charge is 2.27. The molecule has 3 atom stereocenters. The first-order chi connectivity index (χ1) is 36.8. The summed E-state index contributed by atoms with van der Waals surface area (Å²) < 4.78 is 23.1. The number of aromatic amines is 2. The van der Waals surface area contributed by atoms with Crippen LogP contribution in [0.1, 0.15) is 47.0 Å². The molecule has 0 radical (unpaired) electrons. The molecule has 0 spiro atoms. The number of nitrogens with zero attached hydrogens (tertiary/aromatic N) is 1. The van der Waals surface area contributed by atoms with E-state index < -0.39 is 6.10 Å². The Bertz CT molecular complexity index is 3600. The van der Waals surface area contributed by atoms with Crippen LogP contribution in [0.5, 0.6) is 17.2 Å². The van der Waals surface area contributed by atoms with Gasteiger partial charge in [-0.15, -0.1) is 0 Å². The van der Waals surface area contributed by atoms with Gasteiger partial charge in [0.1, 0.15) is 36.6 Å². The number of pyridine rings is 2. The number of methoxy groups -OCH3 is 1. The van der Waals surface area contributed by atoms with Crippen LogP contribution in [0.15, 0.2) is 222 Å². The molecule has 1 fully saturated rings. The molecule has 1 saturated heterocycles. The number of anilines is 2. The molecule has 386 valence electrons. The van der Waals surface area contributed by atoms with E-state index in [4.69, 9.17) is 18.9 Å². The predicted octanol–water partition coefficient (Wildman–Crippen LogP) is 12.8. The number of epoxide rings is 1. The third kappa shape index (κ3) is 13.5. The molecule has 3 heterocycles. The lowest BCUT2D eigenvalue weighted by Crippen LogP contribution is -2.30. The van der Waals surface area contributed by atoms with Gasteiger partial charge in [0, 0.05) is 60.9 Å². The molecule has 0 saturated carbocycles. The summed E-state index contributed by atoms with van der Waals surface area (Å²) in [5, 5.41) is 17.0. The SMILES string of the molecule is COc1ccc(Nc2ccc(CCN(Cc3ccccc3)C[C@H](O)c3ccc(OCc4ccccc4)c4[nH]c(=O)ccc34)cc2)cc1-c1ccccc1.O=c1ccc2c([C@@H]3CO3)ccc(OCc3ccccc3)c2[nH]1.P.[3HH]. The monoisotopic (exact) mass is 1030 g/mol. The summed E-state index contributed by atoms with van der Waals surface area (Å²) in [7, 11) is 1.70. The maximum atomic E-state index is 12.4. The number of hydrogen-bond donors (Lipinski definition) is 4. The first kappa shape index (κ1) is 52.5. The van der Waals surface area contributed by atoms with E-state index in [-0.39, 0.29) is 28.5 Å². The number of hydrogen-bond acceptors (Lipinski definition) is 9. The van der Waals surface area contributed by atoms with E-state index in [1.54, 1.807) is 13.2 Å². The van der Waals surface area contributed by atoms with Crippen molar-refractivity contribution in [1.82, 2.24) is 14.9 Å². The highest BCUT2D eigenvalue weighted by Crippen LogP contribution is 2.38. The van der Waals surface area contributed by atoms with Crippen molar-refractivity contribution in [2.45, 2.75) is 38.4 Å². The van der Waals surface area contributed by atoms with Gasteiger partial charge in [-0.1, -0.05) is 146 Å². The minimum absolute atomic E-state index is 0. The van der Waals surface area contributed by atoms with Crippen LogP contribution in [0.25, 0.3) is 32.9 Å². The van der Waals surface area contributed by atoms with Crippen LogP contribution in [0.2, 0.25) is 0 Å². The summed E-state index contributed by atoms with van der Waals surface area (Å²) in [6.45, 7) is 3.41. The topological polar surface area (TPSA) is 141 Å². The molecule has 11 nitrogen and oxygen atoms in total. The molecule has 8 aromatic carbocycles. The molecule has 76 heavy (non-hydrogen) atoms. The lowest BCUT2D eigenvalue weighted by atomic mass is 10.0. The van der Waals surface area contributed by atoms with Crippen LogP contribution in [0, 0.1) is 0 Å². The van der Waals surface area contributed by atoms with Gasteiger partial charge in [-0.3, -0.25) is 14.5 Å². The summed E-state index contributed by atoms with van der Waals surface area (Å²) in [5.74, 6) is 2.08. The summed E-state index contributed by atoms with van der Waals surface area (Å²) >= 11 is 0. The van der Waals surface area contributed by atoms with E-state index >= 15 is 0 Å². The van der Waals surface area contributed by atoms with Gasteiger partial charge >= 0.3 is 0 Å². The summed E-state index contributed by atoms with van der Waals surface area (Å²) in [5.41, 5.74) is 11.4. The second kappa shape index (κ2) is 25.3. The fourth-order valence-electron chi connectivity index (χ4n) is 9.26. The Morgan fingerprint density at radius 3 is 1.72 bits per heavy atom. The van der Waals surface area contributed by atoms with Gasteiger partial charge in [0.2, 0.25) is 11.1 Å². The van der Waals surface area contributed by atoms with Crippen molar-refractivity contribution in [2.75, 3.05) is 32.1 Å². The first-order valence-corrected chi connectivity index (χ1v) is 25.1. The molecule has 1 aliphatic rings. The third-order valence-electron chi connectivity index (χ3n) is 13.2. The van der Waals surface area contributed by atoms with Crippen LogP contribution in [-0.4, -0.2) is 46.8 Å². The van der Waals surface area contributed by atoms with Gasteiger partial charge in [-0.25, -0.2) is 0 Å². The lowest BCUT2D eigenvalue weighted by molar-refractivity contribution is 0.110. The van der Waals surface area contributed by atoms with Crippen molar-refractivity contribution >= 4 is 43.1 Å². The van der Waals surface area contributed by atoms with E-state index in [9.17, 15) is 14.7 Å². The quantitative estimate of drug-likeness (QED) is 0.0460. The molecule has 0 amide bonds. The van der Waals surface area contributed by atoms with Crippen molar-refractivity contribution < 1.29 is 25.5 Å². The van der Waals surface area contributed by atoms with Crippen LogP contribution < -0.4 is 30.6 Å². The Morgan fingerprint density at radius 2 is 1.13 bits per heavy atom.